The van der Waals surface area contributed by atoms with Crippen molar-refractivity contribution in [3.05, 3.63) is 200 Å². The summed E-state index contributed by atoms with van der Waals surface area (Å²) in [6.07, 6.45) is 0. The van der Waals surface area contributed by atoms with E-state index in [0.29, 0.717) is 0 Å². The van der Waals surface area contributed by atoms with Crippen molar-refractivity contribution >= 4 is 87.1 Å². The molecule has 0 atom stereocenters. The molecule has 0 fully saturated rings. The van der Waals surface area contributed by atoms with Crippen molar-refractivity contribution in [2.75, 3.05) is 0 Å². The third-order valence-corrected chi connectivity index (χ3v) is 13.3. The van der Waals surface area contributed by atoms with Crippen LogP contribution in [-0.4, -0.2) is 23.7 Å². The fourth-order valence-corrected chi connectivity index (χ4v) is 10.5. The minimum Gasteiger partial charge on any atom is -0.309 e. The van der Waals surface area contributed by atoms with E-state index in [1.165, 1.54) is 54.4 Å². The first kappa shape index (κ1) is 33.2. The molecule has 5 heterocycles. The van der Waals surface area contributed by atoms with Gasteiger partial charge in [0.25, 0.3) is 0 Å². The minimum absolute atomic E-state index is 0.738. The Bertz CT molecular complexity index is 3670. The molecule has 0 spiro atoms. The fraction of sp³-hybridized carbons (Fsp3) is 0. The highest BCUT2D eigenvalue weighted by Crippen LogP contribution is 2.41. The molecule has 0 bridgehead atoms. The molecule has 6 heteroatoms. The van der Waals surface area contributed by atoms with E-state index in [9.17, 15) is 0 Å². The molecule has 8 aromatic carbocycles. The highest BCUT2D eigenvalue weighted by Gasteiger charge is 2.20. The number of rotatable bonds is 5. The molecular weight excluding hydrogens is 751 g/mol. The zero-order valence-electron chi connectivity index (χ0n) is 32.2. The molecular formula is C54H33N5S. The van der Waals surface area contributed by atoms with Crippen molar-refractivity contribution in [3.8, 4) is 38.9 Å². The Morgan fingerprint density at radius 1 is 0.333 bits per heavy atom. The lowest BCUT2D eigenvalue weighted by atomic mass is 10.1. The zero-order valence-corrected chi connectivity index (χ0v) is 33.0. The lowest BCUT2D eigenvalue weighted by Crippen LogP contribution is -1.99. The van der Waals surface area contributed by atoms with Crippen molar-refractivity contribution in [3.63, 3.8) is 0 Å². The summed E-state index contributed by atoms with van der Waals surface area (Å²) in [5, 5.41) is 8.36. The fourth-order valence-electron chi connectivity index (χ4n) is 9.47. The van der Waals surface area contributed by atoms with E-state index in [2.05, 4.69) is 214 Å². The third kappa shape index (κ3) is 4.86. The normalized spacial score (nSPS) is 12.0. The molecule has 0 aliphatic rings. The van der Waals surface area contributed by atoms with E-state index in [-0.39, 0.29) is 0 Å². The SMILES string of the molecule is c1ccc2c(c1)c1ccccc1n2-c1ccc(-c2nc3nc(-n4c5ccccc5c5ccccc54)cc(-c4ccc(-n5c6ccccc6c6ccccc65)cc4)c3s2)cc1. The van der Waals surface area contributed by atoms with Gasteiger partial charge >= 0.3 is 0 Å². The van der Waals surface area contributed by atoms with Gasteiger partial charge in [0.1, 0.15) is 10.8 Å². The molecule has 0 saturated heterocycles. The van der Waals surface area contributed by atoms with Crippen LogP contribution >= 0.6 is 11.3 Å². The maximum atomic E-state index is 5.36. The summed E-state index contributed by atoms with van der Waals surface area (Å²) in [6, 6.07) is 71.9. The number of fused-ring (bicyclic) bond motifs is 10. The first-order valence-corrected chi connectivity index (χ1v) is 21.1. The second-order valence-electron chi connectivity index (χ2n) is 15.4. The van der Waals surface area contributed by atoms with Gasteiger partial charge in [0.15, 0.2) is 5.65 Å². The van der Waals surface area contributed by atoms with Crippen LogP contribution < -0.4 is 0 Å². The molecule has 5 nitrogen and oxygen atoms in total. The van der Waals surface area contributed by atoms with Crippen LogP contribution in [0.4, 0.5) is 0 Å². The van der Waals surface area contributed by atoms with Gasteiger partial charge in [-0.25, -0.2) is 9.97 Å². The van der Waals surface area contributed by atoms with Gasteiger partial charge in [-0.1, -0.05) is 121 Å². The van der Waals surface area contributed by atoms with E-state index < -0.39 is 0 Å². The first-order valence-electron chi connectivity index (χ1n) is 20.2. The maximum Gasteiger partial charge on any atom is 0.173 e. The number of hydrogen-bond donors (Lipinski definition) is 0. The summed E-state index contributed by atoms with van der Waals surface area (Å²) in [5.41, 5.74) is 13.3. The van der Waals surface area contributed by atoms with Crippen LogP contribution in [0, 0.1) is 0 Å². The van der Waals surface area contributed by atoms with Crippen molar-refractivity contribution in [1.29, 1.82) is 0 Å². The average Bonchev–Trinajstić information content (AvgIpc) is 4.07. The van der Waals surface area contributed by atoms with Crippen LogP contribution in [0.3, 0.4) is 0 Å². The Labute approximate surface area is 348 Å². The summed E-state index contributed by atoms with van der Waals surface area (Å²) in [6.45, 7) is 0. The second-order valence-corrected chi connectivity index (χ2v) is 16.4. The first-order chi connectivity index (χ1) is 29.8. The Hall–Kier alpha value is -7.80. The monoisotopic (exact) mass is 783 g/mol. The molecule has 0 unspecified atom stereocenters. The minimum atomic E-state index is 0.738. The molecule has 5 aromatic heterocycles. The average molecular weight is 784 g/mol. The van der Waals surface area contributed by atoms with Crippen molar-refractivity contribution in [1.82, 2.24) is 23.7 Å². The molecule has 13 aromatic rings. The van der Waals surface area contributed by atoms with Gasteiger partial charge in [0.05, 0.1) is 37.8 Å². The van der Waals surface area contributed by atoms with Gasteiger partial charge in [0, 0.05) is 54.8 Å². The molecule has 0 radical (unpaired) electrons. The number of aromatic nitrogens is 5. The number of pyridine rings is 1. The number of para-hydroxylation sites is 6. The Morgan fingerprint density at radius 2 is 0.683 bits per heavy atom. The molecule has 13 rings (SSSR count). The van der Waals surface area contributed by atoms with Crippen LogP contribution in [0.5, 0.6) is 0 Å². The summed E-state index contributed by atoms with van der Waals surface area (Å²) < 4.78 is 8.08. The summed E-state index contributed by atoms with van der Waals surface area (Å²) in [5.74, 6) is 0.847. The van der Waals surface area contributed by atoms with Gasteiger partial charge in [-0.3, -0.25) is 4.57 Å². The largest absolute Gasteiger partial charge is 0.309 e. The molecule has 0 saturated carbocycles. The van der Waals surface area contributed by atoms with E-state index >= 15 is 0 Å². The van der Waals surface area contributed by atoms with Crippen LogP contribution in [0.2, 0.25) is 0 Å². The topological polar surface area (TPSA) is 40.6 Å². The molecule has 0 aliphatic carbocycles. The van der Waals surface area contributed by atoms with Crippen LogP contribution in [0.15, 0.2) is 200 Å². The smallest absolute Gasteiger partial charge is 0.173 e. The highest BCUT2D eigenvalue weighted by molar-refractivity contribution is 7.22. The van der Waals surface area contributed by atoms with E-state index in [1.54, 1.807) is 11.3 Å². The van der Waals surface area contributed by atoms with E-state index in [0.717, 1.165) is 60.3 Å². The predicted octanol–water partition coefficient (Wildman–Crippen LogP) is 14.3. The van der Waals surface area contributed by atoms with Gasteiger partial charge in [-0.2, -0.15) is 0 Å². The molecule has 0 amide bonds. The van der Waals surface area contributed by atoms with Crippen molar-refractivity contribution in [2.24, 2.45) is 0 Å². The maximum absolute atomic E-state index is 5.36. The van der Waals surface area contributed by atoms with Crippen molar-refractivity contribution in [2.45, 2.75) is 0 Å². The van der Waals surface area contributed by atoms with Gasteiger partial charge in [0.2, 0.25) is 0 Å². The van der Waals surface area contributed by atoms with Gasteiger partial charge in [-0.15, -0.1) is 11.3 Å². The van der Waals surface area contributed by atoms with Crippen LogP contribution in [0.1, 0.15) is 0 Å². The third-order valence-electron chi connectivity index (χ3n) is 12.1. The number of benzene rings is 8. The van der Waals surface area contributed by atoms with Crippen LogP contribution in [0.25, 0.3) is 115 Å². The number of hydrogen-bond acceptors (Lipinski definition) is 3. The van der Waals surface area contributed by atoms with E-state index in [1.807, 2.05) is 0 Å². The lowest BCUT2D eigenvalue weighted by Gasteiger charge is -2.12. The number of thiazole rings is 1. The quantitative estimate of drug-likeness (QED) is 0.174. The highest BCUT2D eigenvalue weighted by atomic mass is 32.1. The second kappa shape index (κ2) is 12.9. The van der Waals surface area contributed by atoms with Crippen LogP contribution in [-0.2, 0) is 0 Å². The Kier molecular flexibility index (Phi) is 7.11. The summed E-state index contributed by atoms with van der Waals surface area (Å²) in [7, 11) is 0. The molecule has 280 valence electrons. The van der Waals surface area contributed by atoms with E-state index in [4.69, 9.17) is 9.97 Å². The standard InChI is InChI=1S/C54H33N5S/c1-7-19-45-38(13-1)39-14-2-8-20-46(39)57(45)36-29-25-34(26-30-36)44-33-51(59-49-23-11-5-17-42(49)43-18-6-12-24-50(43)59)55-53-52(44)60-54(56-53)35-27-31-37(32-28-35)58-47-21-9-3-15-40(47)41-16-4-10-22-48(41)58/h1-33H. The Balaban J connectivity index is 0.985. The Morgan fingerprint density at radius 3 is 1.08 bits per heavy atom. The molecule has 0 N–H and O–H groups in total. The predicted molar refractivity (Wildman–Crippen MR) is 251 cm³/mol. The molecule has 0 aliphatic heterocycles. The summed E-state index contributed by atoms with van der Waals surface area (Å²) in [4.78, 5) is 10.7. The summed E-state index contributed by atoms with van der Waals surface area (Å²) >= 11 is 1.70. The van der Waals surface area contributed by atoms with Gasteiger partial charge < -0.3 is 9.13 Å². The van der Waals surface area contributed by atoms with Gasteiger partial charge in [-0.05, 0) is 84.4 Å². The number of nitrogens with zero attached hydrogens (tertiary/aromatic N) is 5. The molecule has 60 heavy (non-hydrogen) atoms. The van der Waals surface area contributed by atoms with Crippen molar-refractivity contribution < 1.29 is 0 Å². The lowest BCUT2D eigenvalue weighted by molar-refractivity contribution is 1.09. The zero-order chi connectivity index (χ0) is 39.3.